The van der Waals surface area contributed by atoms with Crippen LogP contribution in [0.3, 0.4) is 0 Å². The average molecular weight is 1020 g/mol. The molecule has 0 radical (unpaired) electrons. The zero-order valence-corrected chi connectivity index (χ0v) is 43.9. The van der Waals surface area contributed by atoms with Gasteiger partial charge in [-0.25, -0.2) is 4.79 Å². The molecule has 1 amide bonds. The molecule has 17 heteroatoms. The number of fused-ring (bicyclic) bond motifs is 4. The Balaban J connectivity index is 1.77. The number of aliphatic hydroxyl groups excluding tert-OH is 5. The fourth-order valence-electron chi connectivity index (χ4n) is 11.0. The van der Waals surface area contributed by atoms with Crippen molar-refractivity contribution in [1.29, 1.82) is 0 Å². The van der Waals surface area contributed by atoms with Gasteiger partial charge in [0.1, 0.15) is 23.3 Å². The number of ether oxygens (including phenoxy) is 4. The highest BCUT2D eigenvalue weighted by Gasteiger charge is 2.54. The Hall–Kier alpha value is -3.91. The van der Waals surface area contributed by atoms with Crippen LogP contribution in [0.1, 0.15) is 113 Å². The highest BCUT2D eigenvalue weighted by molar-refractivity contribution is 6.39. The fourth-order valence-corrected chi connectivity index (χ4v) is 11.0. The molecule has 7 N–H and O–H groups in total. The molecule has 4 rings (SSSR count). The maximum absolute atomic E-state index is 14.5. The van der Waals surface area contributed by atoms with Crippen LogP contribution in [0.25, 0.3) is 0 Å². The van der Waals surface area contributed by atoms with Crippen LogP contribution >= 0.6 is 0 Å². The summed E-state index contributed by atoms with van der Waals surface area (Å²) in [5, 5.41) is 76.2. The summed E-state index contributed by atoms with van der Waals surface area (Å²) < 4.78 is 23.6. The summed E-state index contributed by atoms with van der Waals surface area (Å²) >= 11 is 0. The lowest BCUT2D eigenvalue weighted by atomic mass is 9.71. The van der Waals surface area contributed by atoms with E-state index in [4.69, 9.17) is 18.9 Å². The lowest BCUT2D eigenvalue weighted by Gasteiger charge is -2.45. The molecule has 0 spiro atoms. The van der Waals surface area contributed by atoms with Gasteiger partial charge in [-0.05, 0) is 113 Å². The summed E-state index contributed by atoms with van der Waals surface area (Å²) in [5.41, 5.74) is -0.323. The summed E-state index contributed by atoms with van der Waals surface area (Å²) in [5.74, 6) is -12.0. The summed E-state index contributed by atoms with van der Waals surface area (Å²) in [4.78, 5) is 70.2. The molecule has 0 aromatic carbocycles. The predicted molar refractivity (Wildman–Crippen MR) is 268 cm³/mol. The molecule has 4 bridgehead atoms. The number of methoxy groups -OCH3 is 2. The molecular weight excluding hydrogens is 931 g/mol. The minimum Gasteiger partial charge on any atom is -0.480 e. The number of nitrogens with zero attached hydrogens (tertiary/aromatic N) is 1. The Morgan fingerprint density at radius 2 is 1.54 bits per heavy atom. The Morgan fingerprint density at radius 3 is 2.17 bits per heavy atom. The van der Waals surface area contributed by atoms with Crippen molar-refractivity contribution in [2.45, 2.75) is 161 Å². The van der Waals surface area contributed by atoms with Crippen molar-refractivity contribution in [3.63, 3.8) is 0 Å². The number of carboxylic acids is 1. The third-order valence-electron chi connectivity index (χ3n) is 15.9. The molecule has 0 aromatic rings. The standard InChI is InChI=1S/C55H85NO16/c1-32-14-11-10-12-15-33(2)45(69-8)28-40-20-17-37(6)55(68,72-40)50(63)51(64)56-23-13-16-41(47(56)52(65)66)39(26-38-18-22-44(46(27-38)70-9)71-53(67)54(7,30-58)31-59)19-21-43(60)34(3)25-36(5)49(62)42(29-57)48(61)35(4)24-32/h10-12,14-15,19,21,25,32,34-35,37-47,49,57-60,62,68H,13,16-18,20,22-24,26-31H2,1-9H3,(H,65,66)/b12-10+,14-11+,21-19+,33-15?,36-25+/t32-,34-,35-,37-,38+,39+,40?,41?,42+,43?,44-,45+,46-,47+,49-,55-/m1/s1. The molecule has 4 aliphatic rings. The predicted octanol–water partition coefficient (Wildman–Crippen LogP) is 4.65. The van der Waals surface area contributed by atoms with Gasteiger partial charge in [-0.2, -0.15) is 0 Å². The van der Waals surface area contributed by atoms with E-state index in [9.17, 15) is 59.7 Å². The van der Waals surface area contributed by atoms with E-state index in [-0.39, 0.29) is 30.6 Å². The van der Waals surface area contributed by atoms with Crippen molar-refractivity contribution < 1.29 is 78.7 Å². The van der Waals surface area contributed by atoms with Gasteiger partial charge in [-0.3, -0.25) is 19.2 Å². The third kappa shape index (κ3) is 15.1. The number of allylic oxidation sites excluding steroid dienone is 6. The van der Waals surface area contributed by atoms with E-state index >= 15 is 0 Å². The second-order valence-corrected chi connectivity index (χ2v) is 21.5. The molecule has 72 heavy (non-hydrogen) atoms. The van der Waals surface area contributed by atoms with E-state index in [1.54, 1.807) is 53.0 Å². The number of ketones is 2. The number of carboxylic acid groups (broad SMARTS) is 1. The zero-order valence-electron chi connectivity index (χ0n) is 43.9. The molecule has 16 atom stereocenters. The smallest absolute Gasteiger partial charge is 0.326 e. The first-order valence-electron chi connectivity index (χ1n) is 25.9. The van der Waals surface area contributed by atoms with Gasteiger partial charge in [0.25, 0.3) is 11.7 Å². The molecule has 3 heterocycles. The topological polar surface area (TPSA) is 267 Å². The number of Topliss-reactive ketones (excluding diaryl/α,β-unsaturated/α-hetero) is 2. The Kier molecular flexibility index (Phi) is 23.2. The number of carbonyl (C=O) groups is 5. The molecule has 3 unspecified atom stereocenters. The van der Waals surface area contributed by atoms with Crippen LogP contribution in [0.2, 0.25) is 0 Å². The van der Waals surface area contributed by atoms with Crippen LogP contribution in [-0.4, -0.2) is 159 Å². The van der Waals surface area contributed by atoms with E-state index in [2.05, 4.69) is 0 Å². The van der Waals surface area contributed by atoms with E-state index in [0.717, 1.165) is 10.5 Å². The number of piperidine rings is 1. The number of hydrogen-bond donors (Lipinski definition) is 7. The lowest BCUT2D eigenvalue weighted by Crippen LogP contribution is -2.62. The van der Waals surface area contributed by atoms with Gasteiger partial charge in [0.2, 0.25) is 5.79 Å². The Morgan fingerprint density at radius 1 is 0.847 bits per heavy atom. The van der Waals surface area contributed by atoms with E-state index in [1.165, 1.54) is 14.0 Å². The first-order chi connectivity index (χ1) is 34.0. The number of hydrogen-bond acceptors (Lipinski definition) is 15. The van der Waals surface area contributed by atoms with E-state index in [0.29, 0.717) is 63.4 Å². The van der Waals surface area contributed by atoms with Crippen LogP contribution in [0.5, 0.6) is 0 Å². The molecule has 1 saturated carbocycles. The number of aliphatic hydroxyl groups is 6. The largest absolute Gasteiger partial charge is 0.480 e. The summed E-state index contributed by atoms with van der Waals surface area (Å²) in [6.07, 6.45) is 13.0. The van der Waals surface area contributed by atoms with Gasteiger partial charge in [0, 0.05) is 44.9 Å². The van der Waals surface area contributed by atoms with Gasteiger partial charge in [-0.1, -0.05) is 76.3 Å². The van der Waals surface area contributed by atoms with Crippen LogP contribution in [0.4, 0.5) is 0 Å². The highest BCUT2D eigenvalue weighted by Crippen LogP contribution is 2.42. The first kappa shape index (κ1) is 60.6. The number of esters is 1. The van der Waals surface area contributed by atoms with E-state index in [1.807, 2.05) is 44.2 Å². The normalized spacial score (nSPS) is 38.7. The maximum Gasteiger partial charge on any atom is 0.326 e. The molecule has 3 fully saturated rings. The average Bonchev–Trinajstić information content (AvgIpc) is 3.36. The second kappa shape index (κ2) is 27.6. The first-order valence-corrected chi connectivity index (χ1v) is 25.9. The van der Waals surface area contributed by atoms with Gasteiger partial charge < -0.3 is 59.6 Å². The Labute approximate surface area is 426 Å². The van der Waals surface area contributed by atoms with Crippen LogP contribution in [0.15, 0.2) is 59.8 Å². The SMILES string of the molecule is CO[C@H]1CC2CC[C@@H](C)[C@@](O)(O2)C(=O)C(=O)N2CCCC([C@H]2C(=O)O)[C@H](C[C@@H]2CC[C@@H](OC(=O)C(C)(CO)CO)[C@H](OC)C2)/C=C/C(O)[C@H](C)/C=C(\C)[C@@H](O)[C@@H](CO)C(=O)[C@H](C)C[C@H](C)/C=C/C=C/C=C1C. The second-order valence-electron chi connectivity index (χ2n) is 21.5. The van der Waals surface area contributed by atoms with Crippen molar-refractivity contribution in [2.24, 2.45) is 52.8 Å². The van der Waals surface area contributed by atoms with Crippen LogP contribution < -0.4 is 0 Å². The number of rotatable bonds is 10. The third-order valence-corrected chi connectivity index (χ3v) is 15.9. The van der Waals surface area contributed by atoms with Gasteiger partial charge >= 0.3 is 11.9 Å². The maximum atomic E-state index is 14.5. The molecule has 17 nitrogen and oxygen atoms in total. The Bertz CT molecular complexity index is 1990. The van der Waals surface area contributed by atoms with Crippen molar-refractivity contribution in [2.75, 3.05) is 40.6 Å². The highest BCUT2D eigenvalue weighted by atomic mass is 16.6. The van der Waals surface area contributed by atoms with E-state index < -0.39 is 133 Å². The van der Waals surface area contributed by atoms with Gasteiger partial charge in [0.15, 0.2) is 0 Å². The van der Waals surface area contributed by atoms with Crippen LogP contribution in [0, 0.1) is 52.8 Å². The lowest BCUT2D eigenvalue weighted by molar-refractivity contribution is -0.265. The molecule has 2 saturated heterocycles. The minimum atomic E-state index is -2.55. The van der Waals surface area contributed by atoms with Crippen molar-refractivity contribution in [1.82, 2.24) is 4.90 Å². The molecule has 0 aromatic heterocycles. The van der Waals surface area contributed by atoms with Crippen LogP contribution in [-0.2, 0) is 42.9 Å². The summed E-state index contributed by atoms with van der Waals surface area (Å²) in [6.45, 7) is 10.1. The monoisotopic (exact) mass is 1020 g/mol. The molecule has 1 aliphatic carbocycles. The summed E-state index contributed by atoms with van der Waals surface area (Å²) in [6, 6.07) is -1.52. The van der Waals surface area contributed by atoms with Gasteiger partial charge in [0.05, 0.1) is 56.3 Å². The summed E-state index contributed by atoms with van der Waals surface area (Å²) in [7, 11) is 3.02. The molecular formula is C55H85NO16. The fraction of sp³-hybridized carbons (Fsp3) is 0.727. The van der Waals surface area contributed by atoms with Gasteiger partial charge in [-0.15, -0.1) is 0 Å². The zero-order chi connectivity index (χ0) is 53.7. The number of carbonyl (C=O) groups excluding carboxylic acids is 4. The molecule has 406 valence electrons. The van der Waals surface area contributed by atoms with Crippen molar-refractivity contribution in [3.8, 4) is 0 Å². The molecule has 3 aliphatic heterocycles. The van der Waals surface area contributed by atoms with Crippen molar-refractivity contribution >= 4 is 29.4 Å². The quantitative estimate of drug-likeness (QED) is 0.0892. The number of amides is 1. The van der Waals surface area contributed by atoms with Crippen molar-refractivity contribution in [3.05, 3.63) is 59.8 Å². The minimum absolute atomic E-state index is 0.0237. The number of aliphatic carboxylic acids is 1.